The van der Waals surface area contributed by atoms with Crippen molar-refractivity contribution in [3.63, 3.8) is 0 Å². The van der Waals surface area contributed by atoms with Crippen molar-refractivity contribution in [1.29, 1.82) is 0 Å². The number of anilines is 3. The van der Waals surface area contributed by atoms with Gasteiger partial charge in [-0.2, -0.15) is 4.98 Å². The molecule has 1 aromatic heterocycles. The smallest absolute Gasteiger partial charge is 0.224 e. The van der Waals surface area contributed by atoms with E-state index in [9.17, 15) is 0 Å². The molecule has 94 valence electrons. The summed E-state index contributed by atoms with van der Waals surface area (Å²) in [5, 5.41) is 3.32. The van der Waals surface area contributed by atoms with Crippen molar-refractivity contribution in [2.24, 2.45) is 0 Å². The molecule has 1 aromatic carbocycles. The molecule has 0 amide bonds. The van der Waals surface area contributed by atoms with Crippen LogP contribution in [0.1, 0.15) is 25.3 Å². The summed E-state index contributed by atoms with van der Waals surface area (Å²) >= 11 is 5.75. The molecule has 0 aliphatic heterocycles. The van der Waals surface area contributed by atoms with Gasteiger partial charge in [-0.3, -0.25) is 0 Å². The molecule has 18 heavy (non-hydrogen) atoms. The van der Waals surface area contributed by atoms with E-state index in [0.29, 0.717) is 17.4 Å². The summed E-state index contributed by atoms with van der Waals surface area (Å²) in [6.45, 7) is 4.30. The van der Waals surface area contributed by atoms with Crippen molar-refractivity contribution in [1.82, 2.24) is 9.97 Å². The maximum Gasteiger partial charge on any atom is 0.224 e. The van der Waals surface area contributed by atoms with E-state index >= 15 is 0 Å². The summed E-state index contributed by atoms with van der Waals surface area (Å²) in [5.74, 6) is 0.994. The Morgan fingerprint density at radius 1 is 1.33 bits per heavy atom. The van der Waals surface area contributed by atoms with Crippen LogP contribution in [0.15, 0.2) is 30.5 Å². The summed E-state index contributed by atoms with van der Waals surface area (Å²) in [6, 6.07) is 8.12. The molecule has 0 saturated heterocycles. The molecule has 0 spiro atoms. The van der Waals surface area contributed by atoms with Gasteiger partial charge in [-0.25, -0.2) is 4.98 Å². The quantitative estimate of drug-likeness (QED) is 0.830. The fraction of sp³-hybridized carbons (Fsp3) is 0.231. The van der Waals surface area contributed by atoms with E-state index in [2.05, 4.69) is 41.3 Å². The number of nitrogens with one attached hydrogen (secondary N) is 1. The van der Waals surface area contributed by atoms with Crippen LogP contribution < -0.4 is 11.1 Å². The zero-order chi connectivity index (χ0) is 13.1. The molecule has 0 unspecified atom stereocenters. The average molecular weight is 263 g/mol. The Labute approximate surface area is 111 Å². The molecule has 2 aromatic rings. The summed E-state index contributed by atoms with van der Waals surface area (Å²) in [7, 11) is 0. The van der Waals surface area contributed by atoms with Gasteiger partial charge in [0.25, 0.3) is 0 Å². The molecular weight excluding hydrogens is 248 g/mol. The number of hydrogen-bond donors (Lipinski definition) is 2. The zero-order valence-electron chi connectivity index (χ0n) is 10.3. The standard InChI is InChI=1S/C13H15ClN4/c1-8(2)9-4-3-5-10(6-9)17-12-11(15)7-16-13(14)18-12/h3-8H,15H2,1-2H3,(H,16,17,18). The third kappa shape index (κ3) is 2.90. The Bertz CT molecular complexity index is 554. The molecule has 0 aliphatic carbocycles. The highest BCUT2D eigenvalue weighted by Crippen LogP contribution is 2.24. The molecular formula is C13H15ClN4. The average Bonchev–Trinajstić information content (AvgIpc) is 2.34. The molecule has 2 rings (SSSR count). The third-order valence-corrected chi connectivity index (χ3v) is 2.79. The van der Waals surface area contributed by atoms with Crippen molar-refractivity contribution < 1.29 is 0 Å². The highest BCUT2D eigenvalue weighted by molar-refractivity contribution is 6.28. The predicted molar refractivity (Wildman–Crippen MR) is 75.3 cm³/mol. The molecule has 0 fully saturated rings. The Hall–Kier alpha value is -1.81. The molecule has 0 aliphatic rings. The summed E-state index contributed by atoms with van der Waals surface area (Å²) < 4.78 is 0. The minimum absolute atomic E-state index is 0.173. The number of nitrogens with zero attached hydrogens (tertiary/aromatic N) is 2. The van der Waals surface area contributed by atoms with E-state index in [4.69, 9.17) is 17.3 Å². The lowest BCUT2D eigenvalue weighted by molar-refractivity contribution is 0.867. The maximum atomic E-state index is 5.79. The first-order valence-corrected chi connectivity index (χ1v) is 6.09. The largest absolute Gasteiger partial charge is 0.394 e. The number of nitrogens with two attached hydrogens (primary N) is 1. The van der Waals surface area contributed by atoms with Gasteiger partial charge in [0.1, 0.15) is 0 Å². The topological polar surface area (TPSA) is 63.8 Å². The summed E-state index contributed by atoms with van der Waals surface area (Å²) in [6.07, 6.45) is 1.49. The highest BCUT2D eigenvalue weighted by Gasteiger charge is 2.05. The number of hydrogen-bond acceptors (Lipinski definition) is 4. The van der Waals surface area contributed by atoms with Crippen LogP contribution in [0.3, 0.4) is 0 Å². The SMILES string of the molecule is CC(C)c1cccc(Nc2nc(Cl)ncc2N)c1. The van der Waals surface area contributed by atoms with Crippen molar-refractivity contribution in [2.75, 3.05) is 11.1 Å². The number of rotatable bonds is 3. The van der Waals surface area contributed by atoms with Crippen molar-refractivity contribution in [3.05, 3.63) is 41.3 Å². The normalized spacial score (nSPS) is 10.7. The lowest BCUT2D eigenvalue weighted by Gasteiger charge is -2.11. The zero-order valence-corrected chi connectivity index (χ0v) is 11.1. The second kappa shape index (κ2) is 5.23. The molecule has 0 bridgehead atoms. The summed E-state index contributed by atoms with van der Waals surface area (Å²) in [4.78, 5) is 7.88. The van der Waals surface area contributed by atoms with E-state index in [0.717, 1.165) is 5.69 Å². The van der Waals surface area contributed by atoms with Gasteiger partial charge in [-0.1, -0.05) is 26.0 Å². The van der Waals surface area contributed by atoms with Crippen LogP contribution in [-0.4, -0.2) is 9.97 Å². The van der Waals surface area contributed by atoms with Crippen LogP contribution >= 0.6 is 11.6 Å². The molecule has 1 heterocycles. The number of benzene rings is 1. The van der Waals surface area contributed by atoms with Crippen molar-refractivity contribution in [3.8, 4) is 0 Å². The Morgan fingerprint density at radius 3 is 2.83 bits per heavy atom. The molecule has 3 N–H and O–H groups in total. The van der Waals surface area contributed by atoms with Crippen LogP contribution in [0.25, 0.3) is 0 Å². The van der Waals surface area contributed by atoms with Crippen molar-refractivity contribution in [2.45, 2.75) is 19.8 Å². The Kier molecular flexibility index (Phi) is 3.67. The fourth-order valence-electron chi connectivity index (χ4n) is 1.58. The second-order valence-corrected chi connectivity index (χ2v) is 4.69. The van der Waals surface area contributed by atoms with E-state index in [1.807, 2.05) is 12.1 Å². The number of nitrogen functional groups attached to an aromatic ring is 1. The third-order valence-electron chi connectivity index (χ3n) is 2.60. The van der Waals surface area contributed by atoms with Gasteiger partial charge in [0.05, 0.1) is 11.9 Å². The van der Waals surface area contributed by atoms with Crippen LogP contribution in [0.4, 0.5) is 17.2 Å². The van der Waals surface area contributed by atoms with Crippen LogP contribution in [0.2, 0.25) is 5.28 Å². The van der Waals surface area contributed by atoms with Gasteiger partial charge in [-0.05, 0) is 35.2 Å². The summed E-state index contributed by atoms with van der Waals surface area (Å²) in [5.41, 5.74) is 8.44. The lowest BCUT2D eigenvalue weighted by Crippen LogP contribution is -2.01. The van der Waals surface area contributed by atoms with Gasteiger partial charge in [0.2, 0.25) is 5.28 Å². The minimum Gasteiger partial charge on any atom is -0.394 e. The monoisotopic (exact) mass is 262 g/mol. The Balaban J connectivity index is 2.28. The van der Waals surface area contributed by atoms with Crippen molar-refractivity contribution >= 4 is 28.8 Å². The van der Waals surface area contributed by atoms with Gasteiger partial charge in [0, 0.05) is 5.69 Å². The Morgan fingerprint density at radius 2 is 2.11 bits per heavy atom. The highest BCUT2D eigenvalue weighted by atomic mass is 35.5. The van der Waals surface area contributed by atoms with Gasteiger partial charge < -0.3 is 11.1 Å². The van der Waals surface area contributed by atoms with Crippen LogP contribution in [0.5, 0.6) is 0 Å². The first kappa shape index (κ1) is 12.6. The molecule has 4 nitrogen and oxygen atoms in total. The molecule has 0 saturated carbocycles. The lowest BCUT2D eigenvalue weighted by atomic mass is 10.0. The number of halogens is 1. The minimum atomic E-state index is 0.173. The molecule has 0 radical (unpaired) electrons. The van der Waals surface area contributed by atoms with Gasteiger partial charge in [0.15, 0.2) is 5.82 Å². The molecule has 0 atom stereocenters. The van der Waals surface area contributed by atoms with E-state index in [-0.39, 0.29) is 5.28 Å². The van der Waals surface area contributed by atoms with E-state index < -0.39 is 0 Å². The first-order chi connectivity index (χ1) is 8.56. The second-order valence-electron chi connectivity index (χ2n) is 4.35. The predicted octanol–water partition coefficient (Wildman–Crippen LogP) is 3.58. The van der Waals surface area contributed by atoms with Gasteiger partial charge in [-0.15, -0.1) is 0 Å². The maximum absolute atomic E-state index is 5.79. The molecule has 5 heteroatoms. The van der Waals surface area contributed by atoms with E-state index in [1.54, 1.807) is 0 Å². The van der Waals surface area contributed by atoms with E-state index in [1.165, 1.54) is 11.8 Å². The number of aromatic nitrogens is 2. The van der Waals surface area contributed by atoms with Gasteiger partial charge >= 0.3 is 0 Å². The first-order valence-electron chi connectivity index (χ1n) is 5.71. The van der Waals surface area contributed by atoms with Crippen LogP contribution in [0, 0.1) is 0 Å². The van der Waals surface area contributed by atoms with Crippen LogP contribution in [-0.2, 0) is 0 Å². The fourth-order valence-corrected chi connectivity index (χ4v) is 1.72.